The fraction of sp³-hybridized carbons (Fsp3) is 0.312. The number of nitrogens with zero attached hydrogens (tertiary/aromatic N) is 1. The third-order valence-corrected chi connectivity index (χ3v) is 9.81. The van der Waals surface area contributed by atoms with Crippen molar-refractivity contribution in [3.63, 3.8) is 0 Å². The first kappa shape index (κ1) is 48.0. The summed E-state index contributed by atoms with van der Waals surface area (Å²) in [4.78, 5) is 64.0. The van der Waals surface area contributed by atoms with E-state index in [1.807, 2.05) is 42.5 Å². The first-order valence-electron chi connectivity index (χ1n) is 21.1. The van der Waals surface area contributed by atoms with Crippen LogP contribution in [0.5, 0.6) is 0 Å². The standard InChI is InChI=1S/C28H34N4O5.C18H18N4O.C2HF3O/c1-27(2,3)36-25(34)31-19-10-7-16(8-11-19)23-22(24(33)30-18-12-13-18)20-15-17(29)9-14-21(20)32(23)26(35)37-28(4,5)6;19-11-3-1-10(2-4-11)17-16(18(23)21-13-6-7-13)14-9-12(20)5-8-15(14)22-17;3-2(4,5)1-6/h7-11,14-15,18H,12-13,29H2,1-6H3,(H,30,33)(H,31,34);1-5,8-9,13,22H,6-7,19-20H2,(H,21,23);1H. The van der Waals surface area contributed by atoms with Gasteiger partial charge >= 0.3 is 18.4 Å². The number of nitrogens with two attached hydrogens (primary N) is 3. The number of amides is 3. The molecule has 2 fully saturated rings. The average molecular weight is 911 g/mol. The predicted molar refractivity (Wildman–Crippen MR) is 249 cm³/mol. The van der Waals surface area contributed by atoms with Gasteiger partial charge in [-0.15, -0.1) is 0 Å². The second-order valence-corrected chi connectivity index (χ2v) is 18.0. The minimum Gasteiger partial charge on any atom is -0.444 e. The Bertz CT molecular complexity index is 2780. The maximum absolute atomic E-state index is 13.5. The molecular formula is C48H53F3N8O7. The highest BCUT2D eigenvalue weighted by atomic mass is 19.4. The fourth-order valence-electron chi connectivity index (χ4n) is 6.72. The van der Waals surface area contributed by atoms with E-state index in [0.717, 1.165) is 47.8 Å². The van der Waals surface area contributed by atoms with E-state index in [0.29, 0.717) is 62.1 Å². The van der Waals surface area contributed by atoms with E-state index in [4.69, 9.17) is 31.5 Å². The zero-order chi connectivity index (χ0) is 48.3. The van der Waals surface area contributed by atoms with Crippen LogP contribution in [0.25, 0.3) is 44.3 Å². The number of hydrogen-bond donors (Lipinski definition) is 7. The molecule has 4 aromatic carbocycles. The van der Waals surface area contributed by atoms with Crippen molar-refractivity contribution >= 4 is 74.8 Å². The molecule has 3 amide bonds. The quantitative estimate of drug-likeness (QED) is 0.0591. The monoisotopic (exact) mass is 910 g/mol. The minimum absolute atomic E-state index is 0.0591. The third-order valence-electron chi connectivity index (χ3n) is 9.81. The molecule has 0 unspecified atom stereocenters. The third kappa shape index (κ3) is 12.6. The number of nitrogens with one attached hydrogen (secondary N) is 4. The number of ether oxygens (including phenoxy) is 2. The van der Waals surface area contributed by atoms with Gasteiger partial charge in [0.25, 0.3) is 11.8 Å². The molecule has 8 rings (SSSR count). The zero-order valence-corrected chi connectivity index (χ0v) is 37.3. The maximum Gasteiger partial charge on any atom is 0.446 e. The number of halogens is 3. The molecule has 0 radical (unpaired) electrons. The molecule has 2 aliphatic rings. The van der Waals surface area contributed by atoms with Gasteiger partial charge in [-0.05, 0) is 139 Å². The number of hydrogen-bond acceptors (Lipinski definition) is 10. The lowest BCUT2D eigenvalue weighted by Crippen LogP contribution is -2.28. The smallest absolute Gasteiger partial charge is 0.444 e. The van der Waals surface area contributed by atoms with Gasteiger partial charge < -0.3 is 42.3 Å². The first-order valence-corrected chi connectivity index (χ1v) is 21.1. The normalized spacial score (nSPS) is 13.7. The molecule has 0 saturated heterocycles. The lowest BCUT2D eigenvalue weighted by Gasteiger charge is -2.21. The summed E-state index contributed by atoms with van der Waals surface area (Å²) in [5, 5.41) is 10.2. The van der Waals surface area contributed by atoms with E-state index >= 15 is 0 Å². The fourth-order valence-corrected chi connectivity index (χ4v) is 6.72. The number of aromatic nitrogens is 2. The minimum atomic E-state index is -4.64. The Hall–Kier alpha value is -7.50. The second-order valence-electron chi connectivity index (χ2n) is 18.0. The molecule has 15 nitrogen and oxygen atoms in total. The maximum atomic E-state index is 13.5. The summed E-state index contributed by atoms with van der Waals surface area (Å²) in [6.45, 7) is 10.7. The highest BCUT2D eigenvalue weighted by Gasteiger charge is 2.33. The predicted octanol–water partition coefficient (Wildman–Crippen LogP) is 9.55. The van der Waals surface area contributed by atoms with E-state index in [2.05, 4.69) is 20.9 Å². The van der Waals surface area contributed by atoms with E-state index in [9.17, 15) is 32.3 Å². The molecule has 2 aliphatic carbocycles. The average Bonchev–Trinajstić information content (AvgIpc) is 4.15. The largest absolute Gasteiger partial charge is 0.446 e. The van der Waals surface area contributed by atoms with Crippen LogP contribution in [0.3, 0.4) is 0 Å². The van der Waals surface area contributed by atoms with Crippen LogP contribution in [0.1, 0.15) is 87.9 Å². The Morgan fingerprint density at radius 2 is 1.15 bits per heavy atom. The van der Waals surface area contributed by atoms with Crippen LogP contribution in [0.2, 0.25) is 0 Å². The molecule has 2 aromatic heterocycles. The first-order chi connectivity index (χ1) is 30.9. The Morgan fingerprint density at radius 3 is 1.67 bits per heavy atom. The Balaban J connectivity index is 0.000000210. The Morgan fingerprint density at radius 1 is 0.667 bits per heavy atom. The van der Waals surface area contributed by atoms with Gasteiger partial charge in [0.15, 0.2) is 0 Å². The van der Waals surface area contributed by atoms with Crippen LogP contribution >= 0.6 is 0 Å². The number of alkyl halides is 3. The summed E-state index contributed by atoms with van der Waals surface area (Å²) < 4.78 is 43.7. The number of anilines is 4. The molecule has 66 heavy (non-hydrogen) atoms. The van der Waals surface area contributed by atoms with Crippen molar-refractivity contribution in [1.29, 1.82) is 0 Å². The van der Waals surface area contributed by atoms with Crippen molar-refractivity contribution in [2.45, 2.75) is 96.7 Å². The second kappa shape index (κ2) is 18.9. The molecule has 0 atom stereocenters. The van der Waals surface area contributed by atoms with Gasteiger partial charge in [-0.1, -0.05) is 24.3 Å². The number of carbonyl (C=O) groups excluding carboxylic acids is 5. The number of fused-ring (bicyclic) bond motifs is 2. The highest BCUT2D eigenvalue weighted by Crippen LogP contribution is 2.38. The van der Waals surface area contributed by atoms with Gasteiger partial charge in [-0.2, -0.15) is 13.2 Å². The molecule has 18 heteroatoms. The molecule has 0 spiro atoms. The van der Waals surface area contributed by atoms with Crippen molar-refractivity contribution < 1.29 is 46.6 Å². The lowest BCUT2D eigenvalue weighted by atomic mass is 10.0. The van der Waals surface area contributed by atoms with Gasteiger partial charge in [-0.25, -0.2) is 14.2 Å². The van der Waals surface area contributed by atoms with Crippen LogP contribution in [-0.2, 0) is 14.3 Å². The molecule has 0 bridgehead atoms. The van der Waals surface area contributed by atoms with Gasteiger partial charge in [0.2, 0.25) is 6.29 Å². The summed E-state index contributed by atoms with van der Waals surface area (Å²) in [5.41, 5.74) is 23.8. The molecular weight excluding hydrogens is 858 g/mol. The number of nitrogen functional groups attached to an aromatic ring is 3. The zero-order valence-electron chi connectivity index (χ0n) is 37.3. The number of carbonyl (C=O) groups is 5. The molecule has 2 heterocycles. The molecule has 0 aliphatic heterocycles. The highest BCUT2D eigenvalue weighted by molar-refractivity contribution is 6.16. The molecule has 10 N–H and O–H groups in total. The van der Waals surface area contributed by atoms with Gasteiger partial charge in [0.1, 0.15) is 11.2 Å². The number of aromatic amines is 1. The summed E-state index contributed by atoms with van der Waals surface area (Å²) in [7, 11) is 0. The van der Waals surface area contributed by atoms with Gasteiger partial charge in [0, 0.05) is 51.1 Å². The summed E-state index contributed by atoms with van der Waals surface area (Å²) in [6, 6.07) is 25.4. The van der Waals surface area contributed by atoms with Crippen LogP contribution in [0.4, 0.5) is 45.5 Å². The summed E-state index contributed by atoms with van der Waals surface area (Å²) in [5.74, 6) is -0.345. The van der Waals surface area contributed by atoms with Gasteiger partial charge in [0.05, 0.1) is 28.0 Å². The summed E-state index contributed by atoms with van der Waals surface area (Å²) in [6.07, 6.45) is -2.96. The number of aldehydes is 1. The van der Waals surface area contributed by atoms with Gasteiger partial charge in [-0.3, -0.25) is 19.7 Å². The SMILES string of the molecule is CC(C)(C)OC(=O)Nc1ccc(-c2c(C(=O)NC3CC3)c3cc(N)ccc3n2C(=O)OC(C)(C)C)cc1.Nc1ccc(-c2[nH]c3ccc(N)cc3c2C(=O)NC2CC2)cc1.O=CC(F)(F)F. The number of H-pyrrole nitrogens is 1. The van der Waals surface area contributed by atoms with Crippen LogP contribution in [-0.4, -0.2) is 69.3 Å². The van der Waals surface area contributed by atoms with Crippen LogP contribution in [0.15, 0.2) is 84.9 Å². The van der Waals surface area contributed by atoms with Crippen molar-refractivity contribution in [2.75, 3.05) is 22.5 Å². The van der Waals surface area contributed by atoms with E-state index in [1.54, 1.807) is 84.0 Å². The van der Waals surface area contributed by atoms with Crippen LogP contribution < -0.4 is 33.2 Å². The molecule has 348 valence electrons. The van der Waals surface area contributed by atoms with Crippen molar-refractivity contribution in [1.82, 2.24) is 20.2 Å². The van der Waals surface area contributed by atoms with Crippen molar-refractivity contribution in [3.8, 4) is 22.5 Å². The van der Waals surface area contributed by atoms with Crippen molar-refractivity contribution in [2.24, 2.45) is 0 Å². The lowest BCUT2D eigenvalue weighted by molar-refractivity contribution is -0.156. The molecule has 6 aromatic rings. The topological polar surface area (TPSA) is 239 Å². The van der Waals surface area contributed by atoms with Crippen molar-refractivity contribution in [3.05, 3.63) is 96.1 Å². The molecule has 2 saturated carbocycles. The van der Waals surface area contributed by atoms with E-state index in [1.165, 1.54) is 4.57 Å². The van der Waals surface area contributed by atoms with Crippen LogP contribution in [0, 0.1) is 0 Å². The number of rotatable bonds is 7. The number of benzene rings is 4. The summed E-state index contributed by atoms with van der Waals surface area (Å²) >= 11 is 0. The van der Waals surface area contributed by atoms with E-state index < -0.39 is 35.9 Å². The Kier molecular flexibility index (Phi) is 13.7. The Labute approximate surface area is 378 Å². The van der Waals surface area contributed by atoms with E-state index in [-0.39, 0.29) is 17.9 Å².